The van der Waals surface area contributed by atoms with E-state index in [0.29, 0.717) is 28.8 Å². The smallest absolute Gasteiger partial charge is 0.274 e. The van der Waals surface area contributed by atoms with Crippen molar-refractivity contribution in [2.24, 2.45) is 5.92 Å². The molecule has 0 bridgehead atoms. The summed E-state index contributed by atoms with van der Waals surface area (Å²) in [6.45, 7) is 4.44. The fourth-order valence-electron chi connectivity index (χ4n) is 1.08. The Labute approximate surface area is 99.7 Å². The van der Waals surface area contributed by atoms with Gasteiger partial charge in [-0.25, -0.2) is 5.48 Å². The number of nitrogens with one attached hydrogen (secondary N) is 1. The maximum absolute atomic E-state index is 11.6. The van der Waals surface area contributed by atoms with E-state index in [1.165, 1.54) is 6.07 Å². The fourth-order valence-corrected chi connectivity index (χ4v) is 1.32. The van der Waals surface area contributed by atoms with Crippen molar-refractivity contribution in [1.82, 2.24) is 5.48 Å². The summed E-state index contributed by atoms with van der Waals surface area (Å²) in [5.74, 6) is -0.000388. The lowest BCUT2D eigenvalue weighted by molar-refractivity contribution is 0.0209. The van der Waals surface area contributed by atoms with Gasteiger partial charge in [0.15, 0.2) is 0 Å². The molecule has 0 spiro atoms. The average Bonchev–Trinajstić information content (AvgIpc) is 2.15. The predicted molar refractivity (Wildman–Crippen MR) is 64.1 cm³/mol. The Bertz CT molecular complexity index is 360. The Morgan fingerprint density at radius 2 is 2.19 bits per heavy atom. The third-order valence-corrected chi connectivity index (χ3v) is 1.98. The fraction of sp³-hybridized carbons (Fsp3) is 0.364. The molecule has 0 aliphatic heterocycles. The van der Waals surface area contributed by atoms with Gasteiger partial charge in [-0.1, -0.05) is 25.4 Å². The molecule has 0 fully saturated rings. The number of nitrogens with two attached hydrogens (primary N) is 1. The minimum Gasteiger partial charge on any atom is -0.399 e. The second kappa shape index (κ2) is 5.72. The van der Waals surface area contributed by atoms with Crippen LogP contribution in [0.1, 0.15) is 24.2 Å². The van der Waals surface area contributed by atoms with Crippen molar-refractivity contribution in [2.75, 3.05) is 12.3 Å². The van der Waals surface area contributed by atoms with Crippen LogP contribution in [0.3, 0.4) is 0 Å². The number of rotatable bonds is 4. The summed E-state index contributed by atoms with van der Waals surface area (Å²) in [6, 6.07) is 4.65. The van der Waals surface area contributed by atoms with Gasteiger partial charge in [-0.2, -0.15) is 0 Å². The van der Waals surface area contributed by atoms with Crippen molar-refractivity contribution in [2.45, 2.75) is 13.8 Å². The van der Waals surface area contributed by atoms with Crippen LogP contribution in [-0.4, -0.2) is 12.5 Å². The zero-order valence-electron chi connectivity index (χ0n) is 9.29. The molecular formula is C11H15ClN2O2. The van der Waals surface area contributed by atoms with E-state index in [2.05, 4.69) is 5.48 Å². The Kier molecular flexibility index (Phi) is 4.58. The molecule has 16 heavy (non-hydrogen) atoms. The van der Waals surface area contributed by atoms with Crippen LogP contribution in [0.15, 0.2) is 18.2 Å². The maximum atomic E-state index is 11.6. The highest BCUT2D eigenvalue weighted by atomic mass is 35.5. The van der Waals surface area contributed by atoms with Crippen LogP contribution in [0, 0.1) is 5.92 Å². The number of anilines is 1. The van der Waals surface area contributed by atoms with Crippen LogP contribution in [0.4, 0.5) is 5.69 Å². The molecule has 0 saturated carbocycles. The second-order valence-electron chi connectivity index (χ2n) is 3.91. The lowest BCUT2D eigenvalue weighted by Gasteiger charge is -2.08. The van der Waals surface area contributed by atoms with Crippen molar-refractivity contribution in [3.05, 3.63) is 28.8 Å². The number of hydrogen-bond donors (Lipinski definition) is 2. The van der Waals surface area contributed by atoms with Crippen molar-refractivity contribution in [1.29, 1.82) is 0 Å². The molecule has 0 aromatic heterocycles. The molecule has 3 N–H and O–H groups in total. The molecule has 1 aromatic rings. The van der Waals surface area contributed by atoms with Crippen molar-refractivity contribution in [3.8, 4) is 0 Å². The average molecular weight is 243 g/mol. The van der Waals surface area contributed by atoms with E-state index in [0.717, 1.165) is 0 Å². The van der Waals surface area contributed by atoms with E-state index in [-0.39, 0.29) is 5.91 Å². The van der Waals surface area contributed by atoms with E-state index in [4.69, 9.17) is 22.2 Å². The van der Waals surface area contributed by atoms with Crippen molar-refractivity contribution in [3.63, 3.8) is 0 Å². The zero-order chi connectivity index (χ0) is 12.1. The first-order valence-electron chi connectivity index (χ1n) is 4.97. The summed E-state index contributed by atoms with van der Waals surface area (Å²) in [4.78, 5) is 16.6. The molecule has 0 atom stereocenters. The number of benzene rings is 1. The van der Waals surface area contributed by atoms with E-state index < -0.39 is 0 Å². The Morgan fingerprint density at radius 1 is 1.50 bits per heavy atom. The third kappa shape index (κ3) is 4.08. The highest BCUT2D eigenvalue weighted by molar-refractivity contribution is 6.31. The van der Waals surface area contributed by atoms with E-state index in [9.17, 15) is 4.79 Å². The van der Waals surface area contributed by atoms with Crippen molar-refractivity contribution >= 4 is 23.2 Å². The summed E-state index contributed by atoms with van der Waals surface area (Å²) in [5.41, 5.74) is 8.73. The minimum absolute atomic E-state index is 0.352. The van der Waals surface area contributed by atoms with Gasteiger partial charge < -0.3 is 5.73 Å². The summed E-state index contributed by atoms with van der Waals surface area (Å²) in [7, 11) is 0. The summed E-state index contributed by atoms with van der Waals surface area (Å²) >= 11 is 5.78. The van der Waals surface area contributed by atoms with Crippen LogP contribution < -0.4 is 11.2 Å². The van der Waals surface area contributed by atoms with Gasteiger partial charge in [0, 0.05) is 16.3 Å². The molecule has 1 aromatic carbocycles. The van der Waals surface area contributed by atoms with Crippen LogP contribution in [0.2, 0.25) is 5.02 Å². The molecule has 1 rings (SSSR count). The molecular weight excluding hydrogens is 228 g/mol. The first kappa shape index (κ1) is 12.8. The van der Waals surface area contributed by atoms with Gasteiger partial charge in [0.25, 0.3) is 5.91 Å². The molecule has 0 aliphatic carbocycles. The molecule has 0 unspecified atom stereocenters. The number of nitrogen functional groups attached to an aromatic ring is 1. The maximum Gasteiger partial charge on any atom is 0.274 e. The first-order valence-corrected chi connectivity index (χ1v) is 5.35. The number of carbonyl (C=O) groups is 1. The second-order valence-corrected chi connectivity index (χ2v) is 4.35. The molecule has 5 heteroatoms. The summed E-state index contributed by atoms with van der Waals surface area (Å²) in [5, 5.41) is 0.425. The number of amides is 1. The zero-order valence-corrected chi connectivity index (χ0v) is 10.0. The van der Waals surface area contributed by atoms with Crippen LogP contribution in [0.25, 0.3) is 0 Å². The van der Waals surface area contributed by atoms with Gasteiger partial charge in [0.2, 0.25) is 0 Å². The third-order valence-electron chi connectivity index (χ3n) is 1.76. The topological polar surface area (TPSA) is 64.3 Å². The first-order chi connectivity index (χ1) is 7.49. The number of carbonyl (C=O) groups excluding carboxylic acids is 1. The van der Waals surface area contributed by atoms with Gasteiger partial charge in [-0.3, -0.25) is 9.63 Å². The van der Waals surface area contributed by atoms with Crippen LogP contribution in [-0.2, 0) is 4.84 Å². The Balaban J connectivity index is 2.59. The quantitative estimate of drug-likeness (QED) is 0.629. The number of halogens is 1. The lowest BCUT2D eigenvalue weighted by Crippen LogP contribution is -2.25. The lowest BCUT2D eigenvalue weighted by atomic mass is 10.2. The highest BCUT2D eigenvalue weighted by Gasteiger charge is 2.07. The van der Waals surface area contributed by atoms with E-state index in [1.54, 1.807) is 12.1 Å². The van der Waals surface area contributed by atoms with Gasteiger partial charge >= 0.3 is 0 Å². The summed E-state index contributed by atoms with van der Waals surface area (Å²) in [6.07, 6.45) is 0. The van der Waals surface area contributed by atoms with Gasteiger partial charge in [-0.15, -0.1) is 0 Å². The number of hydrogen-bond acceptors (Lipinski definition) is 3. The molecule has 88 valence electrons. The largest absolute Gasteiger partial charge is 0.399 e. The van der Waals surface area contributed by atoms with Crippen LogP contribution >= 0.6 is 11.6 Å². The molecule has 4 nitrogen and oxygen atoms in total. The number of hydroxylamine groups is 1. The highest BCUT2D eigenvalue weighted by Crippen LogP contribution is 2.16. The van der Waals surface area contributed by atoms with E-state index in [1.807, 2.05) is 13.8 Å². The molecule has 1 amide bonds. The van der Waals surface area contributed by atoms with Gasteiger partial charge in [0.1, 0.15) is 0 Å². The Hall–Kier alpha value is -1.26. The Morgan fingerprint density at radius 3 is 2.75 bits per heavy atom. The normalized spacial score (nSPS) is 10.5. The van der Waals surface area contributed by atoms with Gasteiger partial charge in [0.05, 0.1) is 6.61 Å². The SMILES string of the molecule is CC(C)CONC(=O)c1cc(N)cc(Cl)c1. The minimum atomic E-state index is -0.352. The standard InChI is InChI=1S/C11H15ClN2O2/c1-7(2)6-16-14-11(15)8-3-9(12)5-10(13)4-8/h3-5,7H,6,13H2,1-2H3,(H,14,15). The van der Waals surface area contributed by atoms with Gasteiger partial charge in [-0.05, 0) is 24.1 Å². The molecule has 0 aliphatic rings. The van der Waals surface area contributed by atoms with Crippen LogP contribution in [0.5, 0.6) is 0 Å². The van der Waals surface area contributed by atoms with E-state index >= 15 is 0 Å². The molecule has 0 radical (unpaired) electrons. The molecule has 0 saturated heterocycles. The van der Waals surface area contributed by atoms with Crippen molar-refractivity contribution < 1.29 is 9.63 Å². The summed E-state index contributed by atoms with van der Waals surface area (Å²) < 4.78 is 0. The molecule has 0 heterocycles. The predicted octanol–water partition coefficient (Wildman–Crippen LogP) is 2.24. The monoisotopic (exact) mass is 242 g/mol.